The molecule has 1 aliphatic rings. The first-order valence-electron chi connectivity index (χ1n) is 6.90. The molecular formula is C14H16N4O2S. The molecule has 21 heavy (non-hydrogen) atoms. The molecule has 2 aromatic heterocycles. The van der Waals surface area contributed by atoms with Gasteiger partial charge in [0, 0.05) is 12.0 Å². The van der Waals surface area contributed by atoms with Gasteiger partial charge < -0.3 is 10.1 Å². The van der Waals surface area contributed by atoms with E-state index in [4.69, 9.17) is 4.74 Å². The fourth-order valence-corrected chi connectivity index (χ4v) is 2.78. The summed E-state index contributed by atoms with van der Waals surface area (Å²) in [7, 11) is 1.57. The molecule has 0 atom stereocenters. The third-order valence-electron chi connectivity index (χ3n) is 3.42. The lowest BCUT2D eigenvalue weighted by molar-refractivity contribution is 0.102. The fraction of sp³-hybridized carbons (Fsp3) is 0.429. The maximum Gasteiger partial charge on any atom is 0.269 e. The highest BCUT2D eigenvalue weighted by atomic mass is 32.1. The number of hydrogen-bond donors (Lipinski definition) is 1. The molecule has 1 N–H and O–H groups in total. The highest BCUT2D eigenvalue weighted by Gasteiger charge is 2.31. The zero-order valence-electron chi connectivity index (χ0n) is 11.9. The molecule has 1 fully saturated rings. The minimum Gasteiger partial charge on any atom is -0.481 e. The fourth-order valence-electron chi connectivity index (χ4n) is 2.14. The van der Waals surface area contributed by atoms with Crippen LogP contribution in [-0.2, 0) is 6.42 Å². The second-order valence-electron chi connectivity index (χ2n) is 4.92. The van der Waals surface area contributed by atoms with Crippen LogP contribution in [0.3, 0.4) is 0 Å². The Labute approximate surface area is 126 Å². The minimum atomic E-state index is -0.159. The van der Waals surface area contributed by atoms with Gasteiger partial charge in [0.05, 0.1) is 24.2 Å². The van der Waals surface area contributed by atoms with Crippen LogP contribution >= 0.6 is 11.5 Å². The molecule has 1 saturated carbocycles. The predicted octanol–water partition coefficient (Wildman–Crippen LogP) is 2.63. The number of nitrogens with one attached hydrogen (secondary N) is 1. The van der Waals surface area contributed by atoms with Gasteiger partial charge in [0.25, 0.3) is 5.91 Å². The minimum absolute atomic E-state index is 0.159. The molecule has 0 radical (unpaired) electrons. The van der Waals surface area contributed by atoms with Gasteiger partial charge in [0.1, 0.15) is 4.88 Å². The van der Waals surface area contributed by atoms with Crippen molar-refractivity contribution in [3.8, 4) is 5.88 Å². The summed E-state index contributed by atoms with van der Waals surface area (Å²) in [5.41, 5.74) is 2.34. The summed E-state index contributed by atoms with van der Waals surface area (Å²) in [6.45, 7) is 1.99. The number of carbonyl (C=O) groups excluding carboxylic acids is 1. The second-order valence-corrected chi connectivity index (χ2v) is 5.67. The van der Waals surface area contributed by atoms with Crippen LogP contribution in [0.25, 0.3) is 0 Å². The van der Waals surface area contributed by atoms with Crippen molar-refractivity contribution in [2.45, 2.75) is 32.1 Å². The molecule has 0 aliphatic heterocycles. The van der Waals surface area contributed by atoms with E-state index < -0.39 is 0 Å². The van der Waals surface area contributed by atoms with Crippen molar-refractivity contribution in [3.63, 3.8) is 0 Å². The van der Waals surface area contributed by atoms with Crippen molar-refractivity contribution in [1.29, 1.82) is 0 Å². The molecule has 0 bridgehead atoms. The Morgan fingerprint density at radius 2 is 2.29 bits per heavy atom. The van der Waals surface area contributed by atoms with E-state index in [1.54, 1.807) is 13.2 Å². The van der Waals surface area contributed by atoms with Gasteiger partial charge in [-0.25, -0.2) is 4.98 Å². The van der Waals surface area contributed by atoms with Crippen molar-refractivity contribution >= 4 is 23.1 Å². The molecule has 0 aromatic carbocycles. The highest BCUT2D eigenvalue weighted by molar-refractivity contribution is 7.08. The zero-order chi connectivity index (χ0) is 14.8. The number of nitrogens with zero attached hydrogens (tertiary/aromatic N) is 3. The summed E-state index contributed by atoms with van der Waals surface area (Å²) in [4.78, 5) is 17.4. The van der Waals surface area contributed by atoms with E-state index in [0.29, 0.717) is 28.8 Å². The Bertz CT molecular complexity index is 667. The zero-order valence-corrected chi connectivity index (χ0v) is 12.7. The van der Waals surface area contributed by atoms with E-state index in [1.165, 1.54) is 0 Å². The van der Waals surface area contributed by atoms with E-state index in [-0.39, 0.29) is 5.91 Å². The second kappa shape index (κ2) is 5.77. The van der Waals surface area contributed by atoms with Gasteiger partial charge in [-0.05, 0) is 36.9 Å². The molecular weight excluding hydrogens is 288 g/mol. The summed E-state index contributed by atoms with van der Waals surface area (Å²) >= 11 is 1.15. The van der Waals surface area contributed by atoms with Crippen LogP contribution in [0.4, 0.5) is 5.69 Å². The van der Waals surface area contributed by atoms with Crippen LogP contribution in [0.1, 0.15) is 46.7 Å². The molecule has 7 heteroatoms. The van der Waals surface area contributed by atoms with Gasteiger partial charge in [0.2, 0.25) is 5.88 Å². The Morgan fingerprint density at radius 1 is 1.48 bits per heavy atom. The van der Waals surface area contributed by atoms with Crippen molar-refractivity contribution in [2.24, 2.45) is 0 Å². The molecule has 1 amide bonds. The van der Waals surface area contributed by atoms with Gasteiger partial charge in [-0.15, -0.1) is 5.10 Å². The van der Waals surface area contributed by atoms with Crippen LogP contribution in [0, 0.1) is 0 Å². The van der Waals surface area contributed by atoms with E-state index >= 15 is 0 Å². The smallest absolute Gasteiger partial charge is 0.269 e. The number of amides is 1. The van der Waals surface area contributed by atoms with Crippen LogP contribution in [0.5, 0.6) is 5.88 Å². The largest absolute Gasteiger partial charge is 0.481 e. The van der Waals surface area contributed by atoms with E-state index in [0.717, 1.165) is 35.8 Å². The number of rotatable bonds is 5. The van der Waals surface area contributed by atoms with Gasteiger partial charge in [-0.1, -0.05) is 11.4 Å². The summed E-state index contributed by atoms with van der Waals surface area (Å²) in [5.74, 6) is 0.792. The number of carbonyl (C=O) groups is 1. The molecule has 2 aromatic rings. The van der Waals surface area contributed by atoms with Gasteiger partial charge in [0.15, 0.2) is 0 Å². The number of ether oxygens (including phenoxy) is 1. The van der Waals surface area contributed by atoms with Gasteiger partial charge in [-0.3, -0.25) is 4.79 Å². The van der Waals surface area contributed by atoms with Crippen molar-refractivity contribution in [1.82, 2.24) is 14.6 Å². The average molecular weight is 304 g/mol. The first-order valence-corrected chi connectivity index (χ1v) is 7.67. The normalized spacial score (nSPS) is 14.0. The Hall–Kier alpha value is -2.02. The number of pyridine rings is 1. The van der Waals surface area contributed by atoms with Crippen molar-refractivity contribution < 1.29 is 9.53 Å². The van der Waals surface area contributed by atoms with Crippen molar-refractivity contribution in [3.05, 3.63) is 28.4 Å². The molecule has 2 heterocycles. The average Bonchev–Trinajstić information content (AvgIpc) is 3.24. The lowest BCUT2D eigenvalue weighted by atomic mass is 10.2. The Balaban J connectivity index is 1.82. The van der Waals surface area contributed by atoms with Crippen LogP contribution in [-0.4, -0.2) is 27.6 Å². The quantitative estimate of drug-likeness (QED) is 0.919. The molecule has 0 saturated heterocycles. The summed E-state index contributed by atoms with van der Waals surface area (Å²) < 4.78 is 9.02. The van der Waals surface area contributed by atoms with Crippen LogP contribution in [0.15, 0.2) is 12.1 Å². The number of methoxy groups -OCH3 is 1. The third-order valence-corrected chi connectivity index (χ3v) is 4.16. The SMILES string of the molecule is CCc1nc(OC)ccc1NC(=O)c1snnc1C1CC1. The van der Waals surface area contributed by atoms with Crippen LogP contribution < -0.4 is 10.1 Å². The maximum atomic E-state index is 12.4. The lowest BCUT2D eigenvalue weighted by Gasteiger charge is -2.10. The molecule has 0 spiro atoms. The Kier molecular flexibility index (Phi) is 3.83. The summed E-state index contributed by atoms with van der Waals surface area (Å²) in [6.07, 6.45) is 2.90. The monoisotopic (exact) mass is 304 g/mol. The number of anilines is 1. The molecule has 1 aliphatic carbocycles. The number of aryl methyl sites for hydroxylation is 1. The summed E-state index contributed by atoms with van der Waals surface area (Å²) in [5, 5.41) is 6.99. The first kappa shape index (κ1) is 13.9. The maximum absolute atomic E-state index is 12.4. The van der Waals surface area contributed by atoms with Crippen LogP contribution in [0.2, 0.25) is 0 Å². The summed E-state index contributed by atoms with van der Waals surface area (Å²) in [6, 6.07) is 3.55. The van der Waals surface area contributed by atoms with E-state index in [9.17, 15) is 4.79 Å². The molecule has 0 unspecified atom stereocenters. The first-order chi connectivity index (χ1) is 10.2. The third kappa shape index (κ3) is 2.87. The standard InChI is InChI=1S/C14H16N4O2S/c1-3-9-10(6-7-11(15-9)20-2)16-14(19)13-12(8-4-5-8)17-18-21-13/h6-8H,3-5H2,1-2H3,(H,16,19). The molecule has 110 valence electrons. The van der Waals surface area contributed by atoms with E-state index in [2.05, 4.69) is 19.9 Å². The van der Waals surface area contributed by atoms with Gasteiger partial charge >= 0.3 is 0 Å². The van der Waals surface area contributed by atoms with E-state index in [1.807, 2.05) is 13.0 Å². The highest BCUT2D eigenvalue weighted by Crippen LogP contribution is 2.41. The molecule has 6 nitrogen and oxygen atoms in total. The predicted molar refractivity (Wildman–Crippen MR) is 80.0 cm³/mol. The topological polar surface area (TPSA) is 77.0 Å². The lowest BCUT2D eigenvalue weighted by Crippen LogP contribution is -2.14. The molecule has 3 rings (SSSR count). The van der Waals surface area contributed by atoms with Gasteiger partial charge in [-0.2, -0.15) is 0 Å². The number of aromatic nitrogens is 3. The van der Waals surface area contributed by atoms with Crippen molar-refractivity contribution in [2.75, 3.05) is 12.4 Å². The number of hydrogen-bond acceptors (Lipinski definition) is 6. The Morgan fingerprint density at radius 3 is 2.95 bits per heavy atom.